The quantitative estimate of drug-likeness (QED) is 0.851. The second-order valence-electron chi connectivity index (χ2n) is 5.80. The average Bonchev–Trinajstić information content (AvgIpc) is 2.51. The molecule has 116 valence electrons. The second-order valence-corrected chi connectivity index (χ2v) is 5.80. The van der Waals surface area contributed by atoms with Crippen LogP contribution in [0.25, 0.3) is 0 Å². The molecule has 0 radical (unpaired) electrons. The highest BCUT2D eigenvalue weighted by Gasteiger charge is 2.32. The van der Waals surface area contributed by atoms with E-state index in [1.165, 1.54) is 0 Å². The van der Waals surface area contributed by atoms with Crippen LogP contribution in [0.4, 0.5) is 5.69 Å². The molecule has 1 heterocycles. The molecular formula is C17H25NO3. The third-order valence-corrected chi connectivity index (χ3v) is 4.20. The van der Waals surface area contributed by atoms with Gasteiger partial charge in [0.15, 0.2) is 0 Å². The van der Waals surface area contributed by atoms with Crippen molar-refractivity contribution in [1.82, 2.24) is 0 Å². The number of fused-ring (bicyclic) bond motifs is 1. The molecule has 4 nitrogen and oxygen atoms in total. The number of carbonyl (C=O) groups is 1. The lowest BCUT2D eigenvalue weighted by Crippen LogP contribution is -2.39. The van der Waals surface area contributed by atoms with Crippen molar-refractivity contribution in [2.75, 3.05) is 25.7 Å². The van der Waals surface area contributed by atoms with Crippen molar-refractivity contribution in [3.05, 3.63) is 17.7 Å². The molecule has 1 aromatic rings. The number of ether oxygens (including phenoxy) is 2. The van der Waals surface area contributed by atoms with Crippen LogP contribution in [0.15, 0.2) is 12.1 Å². The van der Waals surface area contributed by atoms with Crippen LogP contribution in [0.3, 0.4) is 0 Å². The Bertz CT molecular complexity index is 525. The highest BCUT2D eigenvalue weighted by Crippen LogP contribution is 2.45. The minimum atomic E-state index is -0.0202. The lowest BCUT2D eigenvalue weighted by Gasteiger charge is -2.36. The average molecular weight is 291 g/mol. The van der Waals surface area contributed by atoms with Gasteiger partial charge in [-0.3, -0.25) is 4.79 Å². The fraction of sp³-hybridized carbons (Fsp3) is 0.588. The van der Waals surface area contributed by atoms with Gasteiger partial charge in [-0.05, 0) is 18.8 Å². The highest BCUT2D eigenvalue weighted by molar-refractivity contribution is 5.96. The first-order chi connectivity index (χ1) is 10.0. The van der Waals surface area contributed by atoms with E-state index in [0.29, 0.717) is 5.92 Å². The lowest BCUT2D eigenvalue weighted by atomic mass is 9.86. The molecule has 0 bridgehead atoms. The maximum absolute atomic E-state index is 12.5. The van der Waals surface area contributed by atoms with E-state index < -0.39 is 0 Å². The first kappa shape index (κ1) is 15.7. The van der Waals surface area contributed by atoms with Crippen molar-refractivity contribution in [2.24, 2.45) is 5.92 Å². The predicted molar refractivity (Wildman–Crippen MR) is 84.4 cm³/mol. The van der Waals surface area contributed by atoms with Gasteiger partial charge in [-0.25, -0.2) is 0 Å². The van der Waals surface area contributed by atoms with Crippen molar-refractivity contribution in [2.45, 2.75) is 39.5 Å². The summed E-state index contributed by atoms with van der Waals surface area (Å²) in [5.41, 5.74) is 2.09. The largest absolute Gasteiger partial charge is 0.497 e. The summed E-state index contributed by atoms with van der Waals surface area (Å²) in [4.78, 5) is 14.4. The SMILES string of the molecule is CC[C@@H]1CCN(C(=O)C(C)C)c2cc(OC)cc(OC)c21. The van der Waals surface area contributed by atoms with E-state index in [9.17, 15) is 4.79 Å². The maximum atomic E-state index is 12.5. The Labute approximate surface area is 127 Å². The molecule has 2 rings (SSSR count). The fourth-order valence-electron chi connectivity index (χ4n) is 3.01. The summed E-state index contributed by atoms with van der Waals surface area (Å²) in [6.45, 7) is 6.81. The molecule has 1 aliphatic heterocycles. The Morgan fingerprint density at radius 2 is 2.05 bits per heavy atom. The molecule has 0 spiro atoms. The third-order valence-electron chi connectivity index (χ3n) is 4.20. The van der Waals surface area contributed by atoms with Crippen LogP contribution >= 0.6 is 0 Å². The van der Waals surface area contributed by atoms with E-state index in [1.807, 2.05) is 30.9 Å². The Balaban J connectivity index is 2.58. The van der Waals surface area contributed by atoms with Gasteiger partial charge < -0.3 is 14.4 Å². The van der Waals surface area contributed by atoms with Crippen molar-refractivity contribution in [3.63, 3.8) is 0 Å². The van der Waals surface area contributed by atoms with Gasteiger partial charge in [-0.2, -0.15) is 0 Å². The number of hydrogen-bond acceptors (Lipinski definition) is 3. The zero-order valence-corrected chi connectivity index (χ0v) is 13.6. The molecule has 0 aromatic heterocycles. The van der Waals surface area contributed by atoms with Crippen LogP contribution in [-0.2, 0) is 4.79 Å². The Morgan fingerprint density at radius 1 is 1.33 bits per heavy atom. The molecule has 21 heavy (non-hydrogen) atoms. The number of carbonyl (C=O) groups excluding carboxylic acids is 1. The number of nitrogens with zero attached hydrogens (tertiary/aromatic N) is 1. The Kier molecular flexibility index (Phi) is 4.76. The highest BCUT2D eigenvalue weighted by atomic mass is 16.5. The summed E-state index contributed by atoms with van der Waals surface area (Å²) >= 11 is 0. The first-order valence-corrected chi connectivity index (χ1v) is 7.60. The van der Waals surface area contributed by atoms with E-state index in [1.54, 1.807) is 14.2 Å². The zero-order valence-electron chi connectivity index (χ0n) is 13.6. The molecule has 4 heteroatoms. The summed E-state index contributed by atoms with van der Waals surface area (Å²) in [7, 11) is 3.31. The van der Waals surface area contributed by atoms with Crippen molar-refractivity contribution >= 4 is 11.6 Å². The zero-order chi connectivity index (χ0) is 15.6. The van der Waals surface area contributed by atoms with Crippen LogP contribution in [0.1, 0.15) is 45.1 Å². The van der Waals surface area contributed by atoms with Crippen LogP contribution < -0.4 is 14.4 Å². The topological polar surface area (TPSA) is 38.8 Å². The van der Waals surface area contributed by atoms with Gasteiger partial charge in [0, 0.05) is 30.2 Å². The molecule has 1 atom stereocenters. The molecule has 0 fully saturated rings. The summed E-state index contributed by atoms with van der Waals surface area (Å²) in [5, 5.41) is 0. The number of anilines is 1. The maximum Gasteiger partial charge on any atom is 0.229 e. The van der Waals surface area contributed by atoms with Gasteiger partial charge in [0.1, 0.15) is 11.5 Å². The van der Waals surface area contributed by atoms with E-state index >= 15 is 0 Å². The standard InChI is InChI=1S/C17H25NO3/c1-6-12-7-8-18(17(19)11(2)3)14-9-13(20-4)10-15(21-5)16(12)14/h9-12H,6-8H2,1-5H3/t12-/m1/s1. The number of hydrogen-bond donors (Lipinski definition) is 0. The number of methoxy groups -OCH3 is 2. The van der Waals surface area contributed by atoms with E-state index in [2.05, 4.69) is 6.92 Å². The monoisotopic (exact) mass is 291 g/mol. The molecule has 0 saturated heterocycles. The predicted octanol–water partition coefficient (Wildman–Crippen LogP) is 3.59. The van der Waals surface area contributed by atoms with Crippen LogP contribution in [0.5, 0.6) is 11.5 Å². The number of benzene rings is 1. The molecule has 1 aliphatic rings. The Morgan fingerprint density at radius 3 is 2.57 bits per heavy atom. The third kappa shape index (κ3) is 2.85. The van der Waals surface area contributed by atoms with Crippen LogP contribution in [0.2, 0.25) is 0 Å². The number of rotatable bonds is 4. The molecule has 0 unspecified atom stereocenters. The summed E-state index contributed by atoms with van der Waals surface area (Å²) < 4.78 is 10.9. The summed E-state index contributed by atoms with van der Waals surface area (Å²) in [5.74, 6) is 2.10. The molecular weight excluding hydrogens is 266 g/mol. The first-order valence-electron chi connectivity index (χ1n) is 7.60. The van der Waals surface area contributed by atoms with Gasteiger partial charge in [0.05, 0.1) is 19.9 Å². The lowest BCUT2D eigenvalue weighted by molar-refractivity contribution is -0.121. The molecule has 0 saturated carbocycles. The molecule has 0 aliphatic carbocycles. The van der Waals surface area contributed by atoms with Gasteiger partial charge in [0.2, 0.25) is 5.91 Å². The van der Waals surface area contributed by atoms with Crippen LogP contribution in [-0.4, -0.2) is 26.7 Å². The summed E-state index contributed by atoms with van der Waals surface area (Å²) in [6.07, 6.45) is 2.02. The van der Waals surface area contributed by atoms with Gasteiger partial charge in [-0.15, -0.1) is 0 Å². The van der Waals surface area contributed by atoms with Gasteiger partial charge >= 0.3 is 0 Å². The summed E-state index contributed by atoms with van der Waals surface area (Å²) in [6, 6.07) is 3.87. The molecule has 1 aromatic carbocycles. The molecule has 0 N–H and O–H groups in total. The van der Waals surface area contributed by atoms with E-state index in [-0.39, 0.29) is 11.8 Å². The minimum Gasteiger partial charge on any atom is -0.497 e. The number of amides is 1. The second kappa shape index (κ2) is 6.37. The van der Waals surface area contributed by atoms with E-state index in [0.717, 1.165) is 42.1 Å². The van der Waals surface area contributed by atoms with Crippen molar-refractivity contribution < 1.29 is 14.3 Å². The Hall–Kier alpha value is -1.71. The smallest absolute Gasteiger partial charge is 0.229 e. The van der Waals surface area contributed by atoms with Crippen molar-refractivity contribution in [1.29, 1.82) is 0 Å². The van der Waals surface area contributed by atoms with Gasteiger partial charge in [0.25, 0.3) is 0 Å². The van der Waals surface area contributed by atoms with Crippen LogP contribution in [0, 0.1) is 5.92 Å². The van der Waals surface area contributed by atoms with Gasteiger partial charge in [-0.1, -0.05) is 20.8 Å². The van der Waals surface area contributed by atoms with E-state index in [4.69, 9.17) is 9.47 Å². The normalized spacial score (nSPS) is 17.6. The fourth-order valence-corrected chi connectivity index (χ4v) is 3.01. The van der Waals surface area contributed by atoms with Crippen molar-refractivity contribution in [3.8, 4) is 11.5 Å². The minimum absolute atomic E-state index is 0.0202. The molecule has 1 amide bonds.